The van der Waals surface area contributed by atoms with Crippen molar-refractivity contribution in [1.82, 2.24) is 19.9 Å². The Hall–Kier alpha value is -2.17. The SMILES string of the molecule is Cc1cnc(C2CCCN2C(=O)CCc2cccnc2)[nH]1. The molecule has 1 atom stereocenters. The maximum Gasteiger partial charge on any atom is 0.223 e. The molecule has 3 heterocycles. The van der Waals surface area contributed by atoms with Crippen molar-refractivity contribution < 1.29 is 4.79 Å². The molecular formula is C16H20N4O. The summed E-state index contributed by atoms with van der Waals surface area (Å²) in [5.41, 5.74) is 2.15. The van der Waals surface area contributed by atoms with Crippen molar-refractivity contribution in [3.63, 3.8) is 0 Å². The summed E-state index contributed by atoms with van der Waals surface area (Å²) in [6.07, 6.45) is 8.71. The van der Waals surface area contributed by atoms with Crippen LogP contribution in [0.4, 0.5) is 0 Å². The lowest BCUT2D eigenvalue weighted by molar-refractivity contribution is -0.132. The highest BCUT2D eigenvalue weighted by molar-refractivity contribution is 5.77. The van der Waals surface area contributed by atoms with Crippen LogP contribution in [0.2, 0.25) is 0 Å². The number of carbonyl (C=O) groups is 1. The van der Waals surface area contributed by atoms with Gasteiger partial charge in [0.1, 0.15) is 5.82 Å². The Morgan fingerprint density at radius 1 is 1.48 bits per heavy atom. The number of imidazole rings is 1. The van der Waals surface area contributed by atoms with Crippen LogP contribution in [0.15, 0.2) is 30.7 Å². The number of aryl methyl sites for hydroxylation is 2. The van der Waals surface area contributed by atoms with Crippen LogP contribution in [-0.2, 0) is 11.2 Å². The van der Waals surface area contributed by atoms with Gasteiger partial charge in [0.25, 0.3) is 0 Å². The highest BCUT2D eigenvalue weighted by atomic mass is 16.2. The van der Waals surface area contributed by atoms with Crippen molar-refractivity contribution in [3.8, 4) is 0 Å². The number of nitrogens with zero attached hydrogens (tertiary/aromatic N) is 3. The summed E-state index contributed by atoms with van der Waals surface area (Å²) in [5, 5.41) is 0. The van der Waals surface area contributed by atoms with E-state index in [0.29, 0.717) is 6.42 Å². The second-order valence-electron chi connectivity index (χ2n) is 5.56. The highest BCUT2D eigenvalue weighted by Crippen LogP contribution is 2.30. The Balaban J connectivity index is 1.63. The molecule has 1 aliphatic rings. The zero-order chi connectivity index (χ0) is 14.7. The Bertz CT molecular complexity index is 608. The van der Waals surface area contributed by atoms with Gasteiger partial charge in [-0.2, -0.15) is 0 Å². The number of carbonyl (C=O) groups excluding carboxylic acids is 1. The molecule has 5 nitrogen and oxygen atoms in total. The van der Waals surface area contributed by atoms with Gasteiger partial charge in [-0.1, -0.05) is 6.07 Å². The molecule has 5 heteroatoms. The van der Waals surface area contributed by atoms with Gasteiger partial charge in [0, 0.05) is 37.3 Å². The lowest BCUT2D eigenvalue weighted by Crippen LogP contribution is -2.31. The predicted molar refractivity (Wildman–Crippen MR) is 79.6 cm³/mol. The summed E-state index contributed by atoms with van der Waals surface area (Å²) in [4.78, 5) is 26.2. The fourth-order valence-corrected chi connectivity index (χ4v) is 2.89. The van der Waals surface area contributed by atoms with Crippen LogP contribution in [0.1, 0.15) is 42.4 Å². The quantitative estimate of drug-likeness (QED) is 0.937. The topological polar surface area (TPSA) is 61.9 Å². The maximum absolute atomic E-state index is 12.5. The van der Waals surface area contributed by atoms with Crippen molar-refractivity contribution in [2.24, 2.45) is 0 Å². The van der Waals surface area contributed by atoms with Gasteiger partial charge in [0.2, 0.25) is 5.91 Å². The van der Waals surface area contributed by atoms with E-state index in [2.05, 4.69) is 15.0 Å². The first-order valence-corrected chi connectivity index (χ1v) is 7.44. The van der Waals surface area contributed by atoms with Gasteiger partial charge in [-0.25, -0.2) is 4.98 Å². The smallest absolute Gasteiger partial charge is 0.223 e. The van der Waals surface area contributed by atoms with Crippen molar-refractivity contribution in [3.05, 3.63) is 47.8 Å². The van der Waals surface area contributed by atoms with Gasteiger partial charge in [-0.3, -0.25) is 9.78 Å². The molecule has 2 aromatic heterocycles. The number of amides is 1. The van der Waals surface area contributed by atoms with Crippen LogP contribution >= 0.6 is 0 Å². The van der Waals surface area contributed by atoms with Crippen molar-refractivity contribution >= 4 is 5.91 Å². The summed E-state index contributed by atoms with van der Waals surface area (Å²) < 4.78 is 0. The van der Waals surface area contributed by atoms with Crippen LogP contribution in [0.25, 0.3) is 0 Å². The second kappa shape index (κ2) is 6.08. The summed E-state index contributed by atoms with van der Waals surface area (Å²) in [6.45, 7) is 2.82. The Morgan fingerprint density at radius 3 is 3.10 bits per heavy atom. The van der Waals surface area contributed by atoms with Crippen LogP contribution in [0, 0.1) is 6.92 Å². The summed E-state index contributed by atoms with van der Waals surface area (Å²) >= 11 is 0. The van der Waals surface area contributed by atoms with Gasteiger partial charge in [-0.05, 0) is 37.8 Å². The van der Waals surface area contributed by atoms with Crippen molar-refractivity contribution in [1.29, 1.82) is 0 Å². The number of H-pyrrole nitrogens is 1. The molecule has 0 radical (unpaired) electrons. The minimum absolute atomic E-state index is 0.111. The van der Waals surface area contributed by atoms with Crippen molar-refractivity contribution in [2.75, 3.05) is 6.54 Å². The maximum atomic E-state index is 12.5. The van der Waals surface area contributed by atoms with E-state index in [-0.39, 0.29) is 11.9 Å². The van der Waals surface area contributed by atoms with Gasteiger partial charge in [0.15, 0.2) is 0 Å². The molecule has 1 unspecified atom stereocenters. The molecule has 0 saturated carbocycles. The minimum atomic E-state index is 0.111. The molecule has 21 heavy (non-hydrogen) atoms. The number of nitrogens with one attached hydrogen (secondary N) is 1. The predicted octanol–water partition coefficient (Wildman–Crippen LogP) is 2.41. The molecule has 0 aromatic carbocycles. The first-order valence-electron chi connectivity index (χ1n) is 7.44. The van der Waals surface area contributed by atoms with Gasteiger partial charge >= 0.3 is 0 Å². The number of aromatic nitrogens is 3. The molecule has 2 aromatic rings. The fraction of sp³-hybridized carbons (Fsp3) is 0.438. The highest BCUT2D eigenvalue weighted by Gasteiger charge is 2.31. The standard InChI is InChI=1S/C16H20N4O/c1-12-10-18-16(19-12)14-5-3-9-20(14)15(21)7-6-13-4-2-8-17-11-13/h2,4,8,10-11,14H,3,5-7,9H2,1H3,(H,18,19). The van der Waals surface area contributed by atoms with E-state index in [0.717, 1.165) is 42.9 Å². The zero-order valence-electron chi connectivity index (χ0n) is 12.2. The summed E-state index contributed by atoms with van der Waals surface area (Å²) in [5.74, 6) is 1.12. The monoisotopic (exact) mass is 284 g/mol. The second-order valence-corrected chi connectivity index (χ2v) is 5.56. The molecule has 1 amide bonds. The largest absolute Gasteiger partial charge is 0.344 e. The van der Waals surface area contributed by atoms with Gasteiger partial charge in [-0.15, -0.1) is 0 Å². The number of pyridine rings is 1. The number of hydrogen-bond acceptors (Lipinski definition) is 3. The average Bonchev–Trinajstić information content (AvgIpc) is 3.14. The third kappa shape index (κ3) is 3.12. The van der Waals surface area contributed by atoms with E-state index >= 15 is 0 Å². The Morgan fingerprint density at radius 2 is 2.38 bits per heavy atom. The van der Waals surface area contributed by atoms with E-state index < -0.39 is 0 Å². The normalized spacial score (nSPS) is 18.1. The first kappa shape index (κ1) is 13.8. The molecule has 1 N–H and O–H groups in total. The number of rotatable bonds is 4. The lowest BCUT2D eigenvalue weighted by atomic mass is 10.1. The summed E-state index contributed by atoms with van der Waals surface area (Å²) in [6, 6.07) is 4.03. The molecule has 0 bridgehead atoms. The van der Waals surface area contributed by atoms with E-state index in [9.17, 15) is 4.79 Å². The van der Waals surface area contributed by atoms with Crippen LogP contribution in [-0.4, -0.2) is 32.3 Å². The number of aromatic amines is 1. The Kier molecular flexibility index (Phi) is 3.99. The average molecular weight is 284 g/mol. The van der Waals surface area contributed by atoms with Gasteiger partial charge in [0.05, 0.1) is 6.04 Å². The molecule has 0 aliphatic carbocycles. The number of likely N-dealkylation sites (tertiary alicyclic amines) is 1. The molecule has 110 valence electrons. The van der Waals surface area contributed by atoms with Crippen LogP contribution in [0.3, 0.4) is 0 Å². The zero-order valence-corrected chi connectivity index (χ0v) is 12.2. The number of hydrogen-bond donors (Lipinski definition) is 1. The lowest BCUT2D eigenvalue weighted by Gasteiger charge is -2.23. The molecular weight excluding hydrogens is 264 g/mol. The van der Waals surface area contributed by atoms with Crippen LogP contribution < -0.4 is 0 Å². The third-order valence-electron chi connectivity index (χ3n) is 3.96. The fourth-order valence-electron chi connectivity index (χ4n) is 2.89. The minimum Gasteiger partial charge on any atom is -0.344 e. The molecule has 3 rings (SSSR count). The third-order valence-corrected chi connectivity index (χ3v) is 3.96. The van der Waals surface area contributed by atoms with Crippen molar-refractivity contribution in [2.45, 2.75) is 38.6 Å². The van der Waals surface area contributed by atoms with Crippen LogP contribution in [0.5, 0.6) is 0 Å². The van der Waals surface area contributed by atoms with Gasteiger partial charge < -0.3 is 9.88 Å². The van der Waals surface area contributed by atoms with E-state index in [4.69, 9.17) is 0 Å². The van der Waals surface area contributed by atoms with E-state index in [1.165, 1.54) is 0 Å². The van der Waals surface area contributed by atoms with E-state index in [1.54, 1.807) is 6.20 Å². The first-order chi connectivity index (χ1) is 10.2. The molecule has 1 saturated heterocycles. The van der Waals surface area contributed by atoms with E-state index in [1.807, 2.05) is 36.4 Å². The Labute approximate surface area is 124 Å². The molecule has 0 spiro atoms. The summed E-state index contributed by atoms with van der Waals surface area (Å²) in [7, 11) is 0. The molecule has 1 fully saturated rings. The molecule has 1 aliphatic heterocycles.